The van der Waals surface area contributed by atoms with Gasteiger partial charge in [0, 0.05) is 5.41 Å². The number of nitrogens with two attached hydrogens (primary N) is 1. The highest BCUT2D eigenvalue weighted by Crippen LogP contribution is 2.34. The van der Waals surface area contributed by atoms with E-state index in [4.69, 9.17) is 5.84 Å². The summed E-state index contributed by atoms with van der Waals surface area (Å²) in [5.74, 6) is 5.41. The van der Waals surface area contributed by atoms with Crippen LogP contribution in [0.1, 0.15) is 97.8 Å². The number of hydrazine groups is 1. The third-order valence-electron chi connectivity index (χ3n) is 5.34. The highest BCUT2D eigenvalue weighted by atomic mass is 16.2. The summed E-state index contributed by atoms with van der Waals surface area (Å²) in [6, 6.07) is 0. The van der Waals surface area contributed by atoms with Crippen LogP contribution in [-0.2, 0) is 4.79 Å². The monoisotopic (exact) mass is 296 g/mol. The Labute approximate surface area is 131 Å². The first kappa shape index (κ1) is 18.5. The van der Waals surface area contributed by atoms with E-state index in [1.165, 1.54) is 51.4 Å². The number of hydrogen-bond acceptors (Lipinski definition) is 2. The minimum Gasteiger partial charge on any atom is -0.294 e. The molecule has 0 bridgehead atoms. The van der Waals surface area contributed by atoms with E-state index in [9.17, 15) is 4.79 Å². The van der Waals surface area contributed by atoms with E-state index < -0.39 is 0 Å². The average molecular weight is 296 g/mol. The zero-order chi connectivity index (χ0) is 15.8. The minimum atomic E-state index is -0.269. The van der Waals surface area contributed by atoms with Crippen LogP contribution in [0.5, 0.6) is 0 Å². The lowest BCUT2D eigenvalue weighted by atomic mass is 9.77. The predicted molar refractivity (Wildman–Crippen MR) is 89.6 cm³/mol. The molecule has 3 N–H and O–H groups in total. The summed E-state index contributed by atoms with van der Waals surface area (Å²) in [7, 11) is 0. The van der Waals surface area contributed by atoms with Crippen LogP contribution in [0.2, 0.25) is 0 Å². The SMILES string of the molecule is CC1(C)CCCCCCCC(C)(C(=O)NN)CCCCC1. The molecule has 1 rings (SSSR count). The minimum absolute atomic E-state index is 0.0231. The Morgan fingerprint density at radius 1 is 0.762 bits per heavy atom. The number of rotatable bonds is 1. The van der Waals surface area contributed by atoms with Gasteiger partial charge in [0.05, 0.1) is 0 Å². The Bertz CT molecular complexity index is 314. The summed E-state index contributed by atoms with van der Waals surface area (Å²) in [5.41, 5.74) is 2.60. The summed E-state index contributed by atoms with van der Waals surface area (Å²) in [5, 5.41) is 0. The van der Waals surface area contributed by atoms with Crippen molar-refractivity contribution >= 4 is 5.91 Å². The lowest BCUT2D eigenvalue weighted by Gasteiger charge is -2.29. The van der Waals surface area contributed by atoms with Crippen LogP contribution in [0.4, 0.5) is 0 Å². The molecular formula is C18H36N2O. The molecule has 1 aliphatic carbocycles. The van der Waals surface area contributed by atoms with Gasteiger partial charge >= 0.3 is 0 Å². The Kier molecular flexibility index (Phi) is 7.72. The molecule has 3 heteroatoms. The summed E-state index contributed by atoms with van der Waals surface area (Å²) >= 11 is 0. The van der Waals surface area contributed by atoms with Gasteiger partial charge in [0.15, 0.2) is 0 Å². The van der Waals surface area contributed by atoms with Crippen LogP contribution in [0.25, 0.3) is 0 Å². The van der Waals surface area contributed by atoms with E-state index in [2.05, 4.69) is 26.2 Å². The Hall–Kier alpha value is -0.570. The molecule has 1 amide bonds. The van der Waals surface area contributed by atoms with Crippen molar-refractivity contribution in [2.24, 2.45) is 16.7 Å². The molecule has 0 aliphatic heterocycles. The topological polar surface area (TPSA) is 55.1 Å². The van der Waals surface area contributed by atoms with Gasteiger partial charge in [-0.3, -0.25) is 10.2 Å². The van der Waals surface area contributed by atoms with E-state index in [0.29, 0.717) is 5.41 Å². The van der Waals surface area contributed by atoms with Gasteiger partial charge < -0.3 is 0 Å². The third kappa shape index (κ3) is 6.82. The molecule has 21 heavy (non-hydrogen) atoms. The van der Waals surface area contributed by atoms with Crippen molar-refractivity contribution in [3.63, 3.8) is 0 Å². The van der Waals surface area contributed by atoms with Gasteiger partial charge in [0.1, 0.15) is 0 Å². The normalized spacial score (nSPS) is 29.3. The standard InChI is InChI=1S/C18H36N2O/c1-17(2)12-8-5-4-6-10-14-18(3,16(21)20-19)15-11-7-9-13-17/h4-15,19H2,1-3H3,(H,20,21). The molecule has 0 aromatic heterocycles. The van der Waals surface area contributed by atoms with Gasteiger partial charge in [-0.1, -0.05) is 72.1 Å². The molecule has 1 saturated carbocycles. The van der Waals surface area contributed by atoms with Crippen molar-refractivity contribution in [3.05, 3.63) is 0 Å². The molecule has 0 aromatic rings. The molecule has 1 atom stereocenters. The summed E-state index contributed by atoms with van der Waals surface area (Å²) in [6.07, 6.45) is 14.7. The highest BCUT2D eigenvalue weighted by Gasteiger charge is 2.31. The molecule has 0 heterocycles. The largest absolute Gasteiger partial charge is 0.294 e. The van der Waals surface area contributed by atoms with E-state index in [1.807, 2.05) is 0 Å². The lowest BCUT2D eigenvalue weighted by Crippen LogP contribution is -2.42. The maximum absolute atomic E-state index is 12.1. The maximum Gasteiger partial charge on any atom is 0.239 e. The van der Waals surface area contributed by atoms with E-state index >= 15 is 0 Å². The van der Waals surface area contributed by atoms with Gasteiger partial charge in [0.2, 0.25) is 5.91 Å². The van der Waals surface area contributed by atoms with Gasteiger partial charge in [0.25, 0.3) is 0 Å². The zero-order valence-electron chi connectivity index (χ0n) is 14.5. The molecular weight excluding hydrogens is 260 g/mol. The molecule has 0 radical (unpaired) electrons. The summed E-state index contributed by atoms with van der Waals surface area (Å²) in [4.78, 5) is 12.1. The van der Waals surface area contributed by atoms with Crippen LogP contribution in [0.3, 0.4) is 0 Å². The quantitative estimate of drug-likeness (QED) is 0.418. The first-order valence-electron chi connectivity index (χ1n) is 8.91. The second-order valence-electron chi connectivity index (χ2n) is 8.03. The second-order valence-corrected chi connectivity index (χ2v) is 8.03. The second kappa shape index (κ2) is 8.77. The number of amides is 1. The van der Waals surface area contributed by atoms with Crippen molar-refractivity contribution < 1.29 is 4.79 Å². The highest BCUT2D eigenvalue weighted by molar-refractivity contribution is 5.81. The van der Waals surface area contributed by atoms with Gasteiger partial charge in [-0.15, -0.1) is 0 Å². The number of hydrogen-bond donors (Lipinski definition) is 2. The first-order valence-corrected chi connectivity index (χ1v) is 8.91. The first-order chi connectivity index (χ1) is 9.90. The molecule has 1 fully saturated rings. The molecule has 124 valence electrons. The van der Waals surface area contributed by atoms with Crippen molar-refractivity contribution in [2.75, 3.05) is 0 Å². The van der Waals surface area contributed by atoms with Gasteiger partial charge in [-0.25, -0.2) is 5.84 Å². The van der Waals surface area contributed by atoms with Crippen LogP contribution in [0.15, 0.2) is 0 Å². The fourth-order valence-corrected chi connectivity index (χ4v) is 3.60. The molecule has 0 aromatic carbocycles. The summed E-state index contributed by atoms with van der Waals surface area (Å²) < 4.78 is 0. The van der Waals surface area contributed by atoms with E-state index in [1.54, 1.807) is 0 Å². The molecule has 1 unspecified atom stereocenters. The van der Waals surface area contributed by atoms with Crippen molar-refractivity contribution in [3.8, 4) is 0 Å². The van der Waals surface area contributed by atoms with Crippen LogP contribution >= 0.6 is 0 Å². The fraction of sp³-hybridized carbons (Fsp3) is 0.944. The van der Waals surface area contributed by atoms with E-state index in [-0.39, 0.29) is 11.3 Å². The summed E-state index contributed by atoms with van der Waals surface area (Å²) in [6.45, 7) is 6.90. The number of carbonyl (C=O) groups is 1. The van der Waals surface area contributed by atoms with Crippen LogP contribution < -0.4 is 11.3 Å². The third-order valence-corrected chi connectivity index (χ3v) is 5.34. The van der Waals surface area contributed by atoms with Crippen molar-refractivity contribution in [2.45, 2.75) is 97.8 Å². The van der Waals surface area contributed by atoms with Gasteiger partial charge in [-0.2, -0.15) is 0 Å². The van der Waals surface area contributed by atoms with Crippen LogP contribution in [0, 0.1) is 10.8 Å². The number of carbonyl (C=O) groups excluding carboxylic acids is 1. The van der Waals surface area contributed by atoms with Crippen molar-refractivity contribution in [1.82, 2.24) is 5.43 Å². The molecule has 0 spiro atoms. The Balaban J connectivity index is 2.57. The molecule has 1 aliphatic rings. The Morgan fingerprint density at radius 3 is 1.62 bits per heavy atom. The van der Waals surface area contributed by atoms with Gasteiger partial charge in [-0.05, 0) is 31.1 Å². The predicted octanol–water partition coefficient (Wildman–Crippen LogP) is 4.70. The smallest absolute Gasteiger partial charge is 0.239 e. The molecule has 0 saturated heterocycles. The van der Waals surface area contributed by atoms with E-state index in [0.717, 1.165) is 25.7 Å². The zero-order valence-corrected chi connectivity index (χ0v) is 14.5. The fourth-order valence-electron chi connectivity index (χ4n) is 3.60. The average Bonchev–Trinajstić information content (AvgIpc) is 2.44. The lowest BCUT2D eigenvalue weighted by molar-refractivity contribution is -0.131. The number of nitrogens with one attached hydrogen (secondary N) is 1. The maximum atomic E-state index is 12.1. The Morgan fingerprint density at radius 2 is 1.14 bits per heavy atom. The van der Waals surface area contributed by atoms with Crippen LogP contribution in [-0.4, -0.2) is 5.91 Å². The molecule has 3 nitrogen and oxygen atoms in total. The van der Waals surface area contributed by atoms with Crippen molar-refractivity contribution in [1.29, 1.82) is 0 Å².